The molecule has 0 aliphatic carbocycles. The van der Waals surface area contributed by atoms with Gasteiger partial charge < -0.3 is 10.6 Å². The molecule has 0 radical (unpaired) electrons. The monoisotopic (exact) mass is 310 g/mol. The lowest BCUT2D eigenvalue weighted by Gasteiger charge is -2.09. The second-order valence-electron chi connectivity index (χ2n) is 3.57. The van der Waals surface area contributed by atoms with Crippen molar-refractivity contribution in [3.05, 3.63) is 40.9 Å². The van der Waals surface area contributed by atoms with Crippen LogP contribution in [0.5, 0.6) is 0 Å². The van der Waals surface area contributed by atoms with Crippen LogP contribution in [0.2, 0.25) is 0 Å². The molecule has 1 aromatic heterocycles. The average Bonchev–Trinajstić information content (AvgIpc) is 2.34. The van der Waals surface area contributed by atoms with Crippen molar-refractivity contribution in [3.63, 3.8) is 0 Å². The highest BCUT2D eigenvalue weighted by Gasteiger charge is 2.03. The summed E-state index contributed by atoms with van der Waals surface area (Å²) in [6, 6.07) is 6.22. The number of rotatable bonds is 4. The Morgan fingerprint density at radius 3 is 2.72 bits per heavy atom. The first-order valence-electron chi connectivity index (χ1n) is 5.47. The standard InChI is InChI=1S/C12H12BrFN4/c1-2-15-11-6-12(17-7-16-11)18-10-4-3-8(14)5-9(10)13/h3-7H,2H2,1H3,(H2,15,16,17,18). The summed E-state index contributed by atoms with van der Waals surface area (Å²) in [4.78, 5) is 8.18. The van der Waals surface area contributed by atoms with Crippen LogP contribution in [0.25, 0.3) is 0 Å². The maximum Gasteiger partial charge on any atom is 0.135 e. The lowest BCUT2D eigenvalue weighted by atomic mass is 10.3. The van der Waals surface area contributed by atoms with Crippen molar-refractivity contribution in [1.82, 2.24) is 9.97 Å². The molecule has 0 saturated carbocycles. The van der Waals surface area contributed by atoms with Crippen molar-refractivity contribution >= 4 is 33.3 Å². The van der Waals surface area contributed by atoms with Gasteiger partial charge in [-0.15, -0.1) is 0 Å². The summed E-state index contributed by atoms with van der Waals surface area (Å²) >= 11 is 3.29. The van der Waals surface area contributed by atoms with Crippen molar-refractivity contribution < 1.29 is 4.39 Å². The molecule has 0 amide bonds. The van der Waals surface area contributed by atoms with Gasteiger partial charge in [-0.2, -0.15) is 0 Å². The highest BCUT2D eigenvalue weighted by Crippen LogP contribution is 2.26. The van der Waals surface area contributed by atoms with Gasteiger partial charge in [0.25, 0.3) is 0 Å². The molecule has 0 atom stereocenters. The van der Waals surface area contributed by atoms with Crippen LogP contribution in [0, 0.1) is 5.82 Å². The molecule has 1 aromatic carbocycles. The molecule has 4 nitrogen and oxygen atoms in total. The van der Waals surface area contributed by atoms with Crippen LogP contribution in [-0.2, 0) is 0 Å². The Hall–Kier alpha value is -1.69. The normalized spacial score (nSPS) is 10.2. The molecule has 2 N–H and O–H groups in total. The molecule has 0 unspecified atom stereocenters. The smallest absolute Gasteiger partial charge is 0.135 e. The van der Waals surface area contributed by atoms with Gasteiger partial charge in [0.2, 0.25) is 0 Å². The van der Waals surface area contributed by atoms with Crippen LogP contribution >= 0.6 is 15.9 Å². The van der Waals surface area contributed by atoms with Gasteiger partial charge in [-0.05, 0) is 41.1 Å². The summed E-state index contributed by atoms with van der Waals surface area (Å²) in [5, 5.41) is 6.19. The predicted molar refractivity (Wildman–Crippen MR) is 73.6 cm³/mol. The number of nitrogens with one attached hydrogen (secondary N) is 2. The molecule has 0 spiro atoms. The van der Waals surface area contributed by atoms with Gasteiger partial charge in [-0.3, -0.25) is 0 Å². The van der Waals surface area contributed by atoms with Gasteiger partial charge in [0.1, 0.15) is 23.8 Å². The summed E-state index contributed by atoms with van der Waals surface area (Å²) in [6.07, 6.45) is 1.47. The maximum absolute atomic E-state index is 13.0. The fourth-order valence-electron chi connectivity index (χ4n) is 1.43. The van der Waals surface area contributed by atoms with Gasteiger partial charge >= 0.3 is 0 Å². The van der Waals surface area contributed by atoms with Crippen LogP contribution < -0.4 is 10.6 Å². The first kappa shape index (κ1) is 12.8. The summed E-state index contributed by atoms with van der Waals surface area (Å²) in [5.41, 5.74) is 0.748. The molecule has 18 heavy (non-hydrogen) atoms. The minimum absolute atomic E-state index is 0.288. The van der Waals surface area contributed by atoms with E-state index in [1.807, 2.05) is 6.92 Å². The number of hydrogen-bond donors (Lipinski definition) is 2. The number of benzene rings is 1. The van der Waals surface area contributed by atoms with E-state index in [-0.39, 0.29) is 5.82 Å². The van der Waals surface area contributed by atoms with E-state index in [2.05, 4.69) is 36.5 Å². The van der Waals surface area contributed by atoms with Gasteiger partial charge in [-0.25, -0.2) is 14.4 Å². The molecule has 0 fully saturated rings. The molecular formula is C12H12BrFN4. The highest BCUT2D eigenvalue weighted by molar-refractivity contribution is 9.10. The molecule has 6 heteroatoms. The Balaban J connectivity index is 2.20. The van der Waals surface area contributed by atoms with Crippen molar-refractivity contribution in [3.8, 4) is 0 Å². The third kappa shape index (κ3) is 3.16. The minimum atomic E-state index is -0.288. The van der Waals surface area contributed by atoms with Crippen LogP contribution in [0.4, 0.5) is 21.7 Å². The Morgan fingerprint density at radius 2 is 2.00 bits per heavy atom. The highest BCUT2D eigenvalue weighted by atomic mass is 79.9. The van der Waals surface area contributed by atoms with Crippen molar-refractivity contribution in [1.29, 1.82) is 0 Å². The quantitative estimate of drug-likeness (QED) is 0.906. The molecule has 0 bridgehead atoms. The summed E-state index contributed by atoms with van der Waals surface area (Å²) in [5.74, 6) is 1.10. The van der Waals surface area contributed by atoms with Crippen LogP contribution in [0.15, 0.2) is 35.1 Å². The third-order valence-electron chi connectivity index (χ3n) is 2.22. The van der Waals surface area contributed by atoms with E-state index in [4.69, 9.17) is 0 Å². The van der Waals surface area contributed by atoms with Gasteiger partial charge in [0.15, 0.2) is 0 Å². The molecule has 1 heterocycles. The third-order valence-corrected chi connectivity index (χ3v) is 2.87. The Bertz CT molecular complexity index is 547. The second-order valence-corrected chi connectivity index (χ2v) is 4.42. The van der Waals surface area contributed by atoms with Crippen LogP contribution in [-0.4, -0.2) is 16.5 Å². The van der Waals surface area contributed by atoms with E-state index in [0.29, 0.717) is 10.3 Å². The first-order valence-corrected chi connectivity index (χ1v) is 6.26. The maximum atomic E-state index is 13.0. The van der Waals surface area contributed by atoms with E-state index < -0.39 is 0 Å². The van der Waals surface area contributed by atoms with Gasteiger partial charge in [-0.1, -0.05) is 0 Å². The fourth-order valence-corrected chi connectivity index (χ4v) is 1.88. The molecule has 94 valence electrons. The van der Waals surface area contributed by atoms with Gasteiger partial charge in [0.05, 0.1) is 5.69 Å². The molecule has 2 rings (SSSR count). The lowest BCUT2D eigenvalue weighted by Crippen LogP contribution is -2.01. The molecular weight excluding hydrogens is 299 g/mol. The Labute approximate surface area is 113 Å². The van der Waals surface area contributed by atoms with E-state index in [9.17, 15) is 4.39 Å². The van der Waals surface area contributed by atoms with Crippen LogP contribution in [0.1, 0.15) is 6.92 Å². The topological polar surface area (TPSA) is 49.8 Å². The largest absolute Gasteiger partial charge is 0.370 e. The number of hydrogen-bond acceptors (Lipinski definition) is 4. The van der Waals surface area contributed by atoms with Crippen LogP contribution in [0.3, 0.4) is 0 Å². The Kier molecular flexibility index (Phi) is 4.09. The molecule has 0 aliphatic heterocycles. The molecule has 0 aliphatic rings. The molecule has 2 aromatic rings. The summed E-state index contributed by atoms with van der Waals surface area (Å²) < 4.78 is 13.6. The lowest BCUT2D eigenvalue weighted by molar-refractivity contribution is 0.627. The Morgan fingerprint density at radius 1 is 1.22 bits per heavy atom. The predicted octanol–water partition coefficient (Wildman–Crippen LogP) is 3.55. The van der Waals surface area contributed by atoms with Gasteiger partial charge in [0, 0.05) is 17.1 Å². The zero-order chi connectivity index (χ0) is 13.0. The zero-order valence-corrected chi connectivity index (χ0v) is 11.3. The van der Waals surface area contributed by atoms with Crippen molar-refractivity contribution in [2.24, 2.45) is 0 Å². The van der Waals surface area contributed by atoms with E-state index >= 15 is 0 Å². The van der Waals surface area contributed by atoms with E-state index in [1.165, 1.54) is 18.5 Å². The number of aromatic nitrogens is 2. The zero-order valence-electron chi connectivity index (χ0n) is 9.74. The minimum Gasteiger partial charge on any atom is -0.370 e. The second kappa shape index (κ2) is 5.77. The van der Waals surface area contributed by atoms with E-state index in [0.717, 1.165) is 18.1 Å². The van der Waals surface area contributed by atoms with E-state index in [1.54, 1.807) is 12.1 Å². The summed E-state index contributed by atoms with van der Waals surface area (Å²) in [6.45, 7) is 2.78. The summed E-state index contributed by atoms with van der Waals surface area (Å²) in [7, 11) is 0. The number of nitrogens with zero attached hydrogens (tertiary/aromatic N) is 2. The van der Waals surface area contributed by atoms with Crippen molar-refractivity contribution in [2.45, 2.75) is 6.92 Å². The molecule has 0 saturated heterocycles. The first-order chi connectivity index (χ1) is 8.69. The number of anilines is 3. The number of halogens is 2. The SMILES string of the molecule is CCNc1cc(Nc2ccc(F)cc2Br)ncn1. The average molecular weight is 311 g/mol. The van der Waals surface area contributed by atoms with Crippen molar-refractivity contribution in [2.75, 3.05) is 17.2 Å². The fraction of sp³-hybridized carbons (Fsp3) is 0.167.